The van der Waals surface area contributed by atoms with E-state index in [1.807, 2.05) is 6.07 Å². The zero-order chi connectivity index (χ0) is 13.0. The Morgan fingerprint density at radius 2 is 2.17 bits per heavy atom. The largest absolute Gasteiger partial charge is 0.304 e. The number of rotatable bonds is 5. The lowest BCUT2D eigenvalue weighted by atomic mass is 10.1. The van der Waals surface area contributed by atoms with Crippen LogP contribution in [-0.4, -0.2) is 4.98 Å². The van der Waals surface area contributed by atoms with Crippen molar-refractivity contribution in [3.63, 3.8) is 0 Å². The Hall–Kier alpha value is -0.710. The van der Waals surface area contributed by atoms with Gasteiger partial charge in [0.05, 0.1) is 10.7 Å². The lowest BCUT2D eigenvalue weighted by molar-refractivity contribution is 0.567. The molecule has 0 saturated carbocycles. The molecule has 2 nitrogen and oxygen atoms in total. The number of hydrogen-bond donors (Lipinski definition) is 1. The normalized spacial score (nSPS) is 12.6. The van der Waals surface area contributed by atoms with E-state index < -0.39 is 0 Å². The van der Waals surface area contributed by atoms with Crippen LogP contribution >= 0.6 is 27.3 Å². The maximum atomic E-state index is 4.56. The van der Waals surface area contributed by atoms with Gasteiger partial charge in [0.2, 0.25) is 0 Å². The van der Waals surface area contributed by atoms with E-state index in [4.69, 9.17) is 0 Å². The molecule has 0 radical (unpaired) electrons. The zero-order valence-electron chi connectivity index (χ0n) is 10.6. The number of aryl methyl sites for hydroxylation is 1. The van der Waals surface area contributed by atoms with E-state index in [-0.39, 0.29) is 0 Å². The number of aromatic nitrogens is 1. The van der Waals surface area contributed by atoms with Gasteiger partial charge in [-0.25, -0.2) is 4.98 Å². The summed E-state index contributed by atoms with van der Waals surface area (Å²) in [6.45, 7) is 5.13. The van der Waals surface area contributed by atoms with Gasteiger partial charge in [-0.2, -0.15) is 0 Å². The highest BCUT2D eigenvalue weighted by Crippen LogP contribution is 2.23. The summed E-state index contributed by atoms with van der Waals surface area (Å²) in [6.07, 6.45) is 1.02. The first kappa shape index (κ1) is 13.7. The van der Waals surface area contributed by atoms with Crippen LogP contribution in [0.5, 0.6) is 0 Å². The Labute approximate surface area is 121 Å². The third-order valence-electron chi connectivity index (χ3n) is 2.86. The minimum Gasteiger partial charge on any atom is -0.304 e. The van der Waals surface area contributed by atoms with Crippen LogP contribution in [0.25, 0.3) is 0 Å². The lowest BCUT2D eigenvalue weighted by Crippen LogP contribution is -2.18. The standard InChI is InChI=1S/C14H17BrN2S/c1-3-14-17-11(9-18-14)8-16-10(2)12-6-4-5-7-13(12)15/h4-7,9-10,16H,3,8H2,1-2H3/t10-/m0/s1. The van der Waals surface area contributed by atoms with Crippen molar-refractivity contribution < 1.29 is 0 Å². The molecule has 1 atom stereocenters. The molecule has 4 heteroatoms. The van der Waals surface area contributed by atoms with Crippen molar-refractivity contribution in [2.24, 2.45) is 0 Å². The first-order valence-electron chi connectivity index (χ1n) is 6.11. The number of nitrogens with one attached hydrogen (secondary N) is 1. The maximum Gasteiger partial charge on any atom is 0.0926 e. The number of halogens is 1. The SMILES string of the molecule is CCc1nc(CN[C@@H](C)c2ccccc2Br)cs1. The van der Waals surface area contributed by atoms with Gasteiger partial charge in [-0.3, -0.25) is 0 Å². The predicted molar refractivity (Wildman–Crippen MR) is 80.9 cm³/mol. The average molecular weight is 325 g/mol. The van der Waals surface area contributed by atoms with E-state index in [2.05, 4.69) is 63.7 Å². The molecular weight excluding hydrogens is 308 g/mol. The maximum absolute atomic E-state index is 4.56. The Bertz CT molecular complexity index is 510. The van der Waals surface area contributed by atoms with Crippen LogP contribution in [0.2, 0.25) is 0 Å². The molecule has 0 saturated heterocycles. The smallest absolute Gasteiger partial charge is 0.0926 e. The van der Waals surface area contributed by atoms with Crippen LogP contribution in [-0.2, 0) is 13.0 Å². The highest BCUT2D eigenvalue weighted by Gasteiger charge is 2.09. The van der Waals surface area contributed by atoms with Gasteiger partial charge in [0, 0.05) is 22.4 Å². The van der Waals surface area contributed by atoms with Gasteiger partial charge in [0.1, 0.15) is 0 Å². The second-order valence-corrected chi connectivity index (χ2v) is 6.01. The predicted octanol–water partition coefficient (Wildman–Crippen LogP) is 4.32. The highest BCUT2D eigenvalue weighted by atomic mass is 79.9. The van der Waals surface area contributed by atoms with Gasteiger partial charge in [0.25, 0.3) is 0 Å². The number of thiazole rings is 1. The Balaban J connectivity index is 1.96. The molecule has 1 aromatic heterocycles. The van der Waals surface area contributed by atoms with Crippen LogP contribution in [0.15, 0.2) is 34.1 Å². The van der Waals surface area contributed by atoms with Gasteiger partial charge in [0.15, 0.2) is 0 Å². The summed E-state index contributed by atoms with van der Waals surface area (Å²) in [5.74, 6) is 0. The summed E-state index contributed by atoms with van der Waals surface area (Å²) in [4.78, 5) is 4.56. The quantitative estimate of drug-likeness (QED) is 0.886. The molecule has 1 N–H and O–H groups in total. The van der Waals surface area contributed by atoms with Gasteiger partial charge >= 0.3 is 0 Å². The molecule has 0 bridgehead atoms. The molecule has 0 aliphatic heterocycles. The van der Waals surface area contributed by atoms with E-state index in [9.17, 15) is 0 Å². The fourth-order valence-electron chi connectivity index (χ4n) is 1.79. The first-order chi connectivity index (χ1) is 8.70. The van der Waals surface area contributed by atoms with Crippen molar-refractivity contribution >= 4 is 27.3 Å². The molecule has 0 spiro atoms. The topological polar surface area (TPSA) is 24.9 Å². The van der Waals surface area contributed by atoms with Crippen LogP contribution in [0, 0.1) is 0 Å². The zero-order valence-corrected chi connectivity index (χ0v) is 13.0. The van der Waals surface area contributed by atoms with Crippen LogP contribution < -0.4 is 5.32 Å². The van der Waals surface area contributed by atoms with Gasteiger partial charge in [-0.05, 0) is 25.0 Å². The van der Waals surface area contributed by atoms with E-state index in [1.165, 1.54) is 10.6 Å². The van der Waals surface area contributed by atoms with Gasteiger partial charge < -0.3 is 5.32 Å². The second-order valence-electron chi connectivity index (χ2n) is 4.21. The second kappa shape index (κ2) is 6.45. The van der Waals surface area contributed by atoms with Crippen molar-refractivity contribution in [1.29, 1.82) is 0 Å². The van der Waals surface area contributed by atoms with Crippen LogP contribution in [0.3, 0.4) is 0 Å². The van der Waals surface area contributed by atoms with E-state index in [1.54, 1.807) is 11.3 Å². The van der Waals surface area contributed by atoms with Crippen molar-refractivity contribution in [3.8, 4) is 0 Å². The van der Waals surface area contributed by atoms with Gasteiger partial charge in [-0.15, -0.1) is 11.3 Å². The summed E-state index contributed by atoms with van der Waals surface area (Å²) in [5, 5.41) is 6.85. The van der Waals surface area contributed by atoms with E-state index >= 15 is 0 Å². The summed E-state index contributed by atoms with van der Waals surface area (Å²) in [5.41, 5.74) is 2.42. The molecule has 1 aromatic carbocycles. The number of benzene rings is 1. The summed E-state index contributed by atoms with van der Waals surface area (Å²) >= 11 is 5.32. The summed E-state index contributed by atoms with van der Waals surface area (Å²) in [6, 6.07) is 8.63. The van der Waals surface area contributed by atoms with Crippen molar-refractivity contribution in [2.75, 3.05) is 0 Å². The lowest BCUT2D eigenvalue weighted by Gasteiger charge is -2.14. The van der Waals surface area contributed by atoms with Crippen molar-refractivity contribution in [3.05, 3.63) is 50.4 Å². The monoisotopic (exact) mass is 324 g/mol. The Kier molecular flexibility index (Phi) is 4.92. The third kappa shape index (κ3) is 3.40. The average Bonchev–Trinajstić information content (AvgIpc) is 2.84. The van der Waals surface area contributed by atoms with E-state index in [0.29, 0.717) is 6.04 Å². The first-order valence-corrected chi connectivity index (χ1v) is 7.79. The molecule has 2 rings (SSSR count). The fourth-order valence-corrected chi connectivity index (χ4v) is 3.16. The van der Waals surface area contributed by atoms with Gasteiger partial charge in [-0.1, -0.05) is 41.1 Å². The molecule has 0 fully saturated rings. The minimum atomic E-state index is 0.312. The Morgan fingerprint density at radius 1 is 1.39 bits per heavy atom. The van der Waals surface area contributed by atoms with Crippen molar-refractivity contribution in [2.45, 2.75) is 32.9 Å². The molecular formula is C14H17BrN2S. The highest BCUT2D eigenvalue weighted by molar-refractivity contribution is 9.10. The molecule has 96 valence electrons. The fraction of sp³-hybridized carbons (Fsp3) is 0.357. The molecule has 1 heterocycles. The molecule has 0 amide bonds. The number of hydrogen-bond acceptors (Lipinski definition) is 3. The summed E-state index contributed by atoms with van der Waals surface area (Å²) in [7, 11) is 0. The van der Waals surface area contributed by atoms with Crippen LogP contribution in [0.1, 0.15) is 36.2 Å². The summed E-state index contributed by atoms with van der Waals surface area (Å²) < 4.78 is 1.15. The minimum absolute atomic E-state index is 0.312. The third-order valence-corrected chi connectivity index (χ3v) is 4.63. The molecule has 18 heavy (non-hydrogen) atoms. The molecule has 0 aliphatic rings. The van der Waals surface area contributed by atoms with Crippen molar-refractivity contribution in [1.82, 2.24) is 10.3 Å². The van der Waals surface area contributed by atoms with E-state index in [0.717, 1.165) is 23.1 Å². The molecule has 2 aromatic rings. The number of nitrogens with zero attached hydrogens (tertiary/aromatic N) is 1. The van der Waals surface area contributed by atoms with Crippen LogP contribution in [0.4, 0.5) is 0 Å². The molecule has 0 aliphatic carbocycles. The molecule has 0 unspecified atom stereocenters. The Morgan fingerprint density at radius 3 is 2.83 bits per heavy atom.